The van der Waals surface area contributed by atoms with Crippen molar-refractivity contribution in [2.45, 2.75) is 37.8 Å². The Bertz CT molecular complexity index is 1140. The van der Waals surface area contributed by atoms with Crippen LogP contribution in [-0.2, 0) is 4.74 Å². The molecule has 2 aliphatic rings. The lowest BCUT2D eigenvalue weighted by Gasteiger charge is -2.31. The van der Waals surface area contributed by atoms with Gasteiger partial charge in [-0.2, -0.15) is 4.98 Å². The van der Waals surface area contributed by atoms with Gasteiger partial charge in [0, 0.05) is 43.3 Å². The standard InChI is InChI=1S/C22H25FN6O3/c23-17-13-26-22(30)28-21(17)27-14-1-3-16(4-2-14)32-19-12-15(29-7-9-31-10-8-29)11-18-20(19)25-6-5-24-18/h5-6,11-14,16H,1-4,7-10H2,(H2,26,27,28,30). The molecule has 3 heterocycles. The van der Waals surface area contributed by atoms with Crippen LogP contribution in [0.3, 0.4) is 0 Å². The van der Waals surface area contributed by atoms with Crippen LogP contribution in [0.15, 0.2) is 35.5 Å². The van der Waals surface area contributed by atoms with Crippen LogP contribution in [0.5, 0.6) is 5.75 Å². The van der Waals surface area contributed by atoms with Crippen LogP contribution in [0.4, 0.5) is 15.9 Å². The van der Waals surface area contributed by atoms with Crippen molar-refractivity contribution >= 4 is 22.5 Å². The normalized spacial score (nSPS) is 21.5. The Labute approximate surface area is 184 Å². The summed E-state index contributed by atoms with van der Waals surface area (Å²) < 4.78 is 25.8. The molecule has 5 rings (SSSR count). The van der Waals surface area contributed by atoms with Crippen LogP contribution in [0.25, 0.3) is 11.0 Å². The van der Waals surface area contributed by atoms with E-state index in [9.17, 15) is 9.18 Å². The molecule has 2 N–H and O–H groups in total. The molecule has 0 amide bonds. The molecular formula is C22H25FN6O3. The zero-order chi connectivity index (χ0) is 21.9. The van der Waals surface area contributed by atoms with E-state index in [0.717, 1.165) is 67.4 Å². The van der Waals surface area contributed by atoms with Crippen LogP contribution in [0, 0.1) is 5.82 Å². The minimum atomic E-state index is -0.570. The highest BCUT2D eigenvalue weighted by molar-refractivity contribution is 5.85. The Hall–Kier alpha value is -3.27. The third kappa shape index (κ3) is 4.50. The molecule has 2 aromatic heterocycles. The van der Waals surface area contributed by atoms with E-state index in [0.29, 0.717) is 13.2 Å². The molecule has 168 valence electrons. The van der Waals surface area contributed by atoms with E-state index in [4.69, 9.17) is 9.47 Å². The van der Waals surface area contributed by atoms with Gasteiger partial charge < -0.3 is 19.7 Å². The number of hydrogen-bond acceptors (Lipinski definition) is 8. The fraction of sp³-hybridized carbons (Fsp3) is 0.455. The zero-order valence-electron chi connectivity index (χ0n) is 17.6. The van der Waals surface area contributed by atoms with Crippen molar-refractivity contribution < 1.29 is 13.9 Å². The van der Waals surface area contributed by atoms with E-state index in [2.05, 4.69) is 30.2 Å². The van der Waals surface area contributed by atoms with Gasteiger partial charge in [-0.05, 0) is 31.7 Å². The van der Waals surface area contributed by atoms with Crippen LogP contribution in [0.1, 0.15) is 25.7 Å². The lowest BCUT2D eigenvalue weighted by atomic mass is 9.93. The fourth-order valence-corrected chi connectivity index (χ4v) is 4.32. The molecule has 3 aromatic rings. The molecule has 0 radical (unpaired) electrons. The quantitative estimate of drug-likeness (QED) is 0.624. The maximum absolute atomic E-state index is 13.9. The highest BCUT2D eigenvalue weighted by Crippen LogP contribution is 2.33. The molecule has 1 aliphatic heterocycles. The third-order valence-corrected chi connectivity index (χ3v) is 5.98. The number of fused-ring (bicyclic) bond motifs is 1. The van der Waals surface area contributed by atoms with Crippen molar-refractivity contribution in [3.8, 4) is 5.75 Å². The van der Waals surface area contributed by atoms with Gasteiger partial charge in [0.2, 0.25) is 0 Å². The Balaban J connectivity index is 1.28. The van der Waals surface area contributed by atoms with E-state index in [1.54, 1.807) is 12.4 Å². The first-order valence-electron chi connectivity index (χ1n) is 10.9. The molecule has 0 bridgehead atoms. The Morgan fingerprint density at radius 2 is 1.88 bits per heavy atom. The molecule has 0 spiro atoms. The SMILES string of the molecule is O=c1ncc(F)c(NC2CCC(Oc3cc(N4CCOCC4)cc4nccnc34)CC2)[nH]1. The first-order valence-corrected chi connectivity index (χ1v) is 10.9. The lowest BCUT2D eigenvalue weighted by molar-refractivity contribution is 0.122. The van der Waals surface area contributed by atoms with E-state index in [1.165, 1.54) is 0 Å². The van der Waals surface area contributed by atoms with E-state index in [-0.39, 0.29) is 18.0 Å². The molecule has 32 heavy (non-hydrogen) atoms. The van der Waals surface area contributed by atoms with Crippen molar-refractivity contribution in [2.24, 2.45) is 0 Å². The molecule has 1 aromatic carbocycles. The van der Waals surface area contributed by atoms with Crippen molar-refractivity contribution in [1.29, 1.82) is 0 Å². The molecule has 10 heteroatoms. The van der Waals surface area contributed by atoms with Gasteiger partial charge >= 0.3 is 5.69 Å². The number of nitrogens with one attached hydrogen (secondary N) is 2. The maximum atomic E-state index is 13.9. The van der Waals surface area contributed by atoms with Crippen LogP contribution >= 0.6 is 0 Å². The van der Waals surface area contributed by atoms with Crippen molar-refractivity contribution in [3.63, 3.8) is 0 Å². The summed E-state index contributed by atoms with van der Waals surface area (Å²) in [5, 5.41) is 3.09. The monoisotopic (exact) mass is 440 g/mol. The van der Waals surface area contributed by atoms with Gasteiger partial charge in [-0.15, -0.1) is 0 Å². The number of ether oxygens (including phenoxy) is 2. The molecule has 2 fully saturated rings. The molecule has 9 nitrogen and oxygen atoms in total. The van der Waals surface area contributed by atoms with Gasteiger partial charge in [-0.1, -0.05) is 0 Å². The largest absolute Gasteiger partial charge is 0.488 e. The van der Waals surface area contributed by atoms with Crippen LogP contribution < -0.4 is 20.6 Å². The van der Waals surface area contributed by atoms with Gasteiger partial charge in [0.25, 0.3) is 0 Å². The summed E-state index contributed by atoms with van der Waals surface area (Å²) in [5.74, 6) is 0.264. The smallest absolute Gasteiger partial charge is 0.346 e. The molecule has 0 unspecified atom stereocenters. The van der Waals surface area contributed by atoms with Gasteiger partial charge in [-0.25, -0.2) is 14.2 Å². The minimum absolute atomic E-state index is 0.0273. The number of morpholine rings is 1. The number of H-pyrrole nitrogens is 1. The maximum Gasteiger partial charge on any atom is 0.346 e. The van der Waals surface area contributed by atoms with Crippen LogP contribution in [0.2, 0.25) is 0 Å². The number of aromatic nitrogens is 4. The number of nitrogens with zero attached hydrogens (tertiary/aromatic N) is 4. The predicted octanol–water partition coefficient (Wildman–Crippen LogP) is 2.49. The van der Waals surface area contributed by atoms with Gasteiger partial charge in [0.05, 0.1) is 31.0 Å². The third-order valence-electron chi connectivity index (χ3n) is 5.98. The summed E-state index contributed by atoms with van der Waals surface area (Å²) in [6, 6.07) is 4.15. The van der Waals surface area contributed by atoms with Crippen molar-refractivity contribution in [3.05, 3.63) is 47.0 Å². The Morgan fingerprint density at radius 1 is 1.09 bits per heavy atom. The average molecular weight is 440 g/mol. The van der Waals surface area contributed by atoms with Gasteiger partial charge in [0.15, 0.2) is 5.82 Å². The summed E-state index contributed by atoms with van der Waals surface area (Å²) in [7, 11) is 0. The van der Waals surface area contributed by atoms with E-state index in [1.807, 2.05) is 12.1 Å². The van der Waals surface area contributed by atoms with Gasteiger partial charge in [-0.3, -0.25) is 9.97 Å². The number of rotatable bonds is 5. The van der Waals surface area contributed by atoms with Crippen molar-refractivity contribution in [2.75, 3.05) is 36.5 Å². The summed E-state index contributed by atoms with van der Waals surface area (Å²) in [6.45, 7) is 3.06. The first-order chi connectivity index (χ1) is 15.7. The average Bonchev–Trinajstić information content (AvgIpc) is 2.83. The second-order valence-electron chi connectivity index (χ2n) is 8.11. The molecular weight excluding hydrogens is 415 g/mol. The Kier molecular flexibility index (Phi) is 5.85. The second-order valence-corrected chi connectivity index (χ2v) is 8.11. The summed E-state index contributed by atoms with van der Waals surface area (Å²) in [4.78, 5) is 28.4. The number of benzene rings is 1. The topological polar surface area (TPSA) is 105 Å². The highest BCUT2D eigenvalue weighted by atomic mass is 19.1. The van der Waals surface area contributed by atoms with E-state index < -0.39 is 11.5 Å². The molecule has 1 saturated heterocycles. The number of anilines is 2. The number of hydrogen-bond donors (Lipinski definition) is 2. The minimum Gasteiger partial charge on any atom is -0.488 e. The zero-order valence-corrected chi connectivity index (χ0v) is 17.6. The highest BCUT2D eigenvalue weighted by Gasteiger charge is 2.25. The van der Waals surface area contributed by atoms with E-state index >= 15 is 0 Å². The molecule has 0 atom stereocenters. The summed E-state index contributed by atoms with van der Waals surface area (Å²) in [5.41, 5.74) is 2.04. The number of halogens is 1. The van der Waals surface area contributed by atoms with Crippen molar-refractivity contribution in [1.82, 2.24) is 19.9 Å². The lowest BCUT2D eigenvalue weighted by Crippen LogP contribution is -2.36. The molecule has 1 saturated carbocycles. The second kappa shape index (κ2) is 9.07. The first kappa shape index (κ1) is 20.6. The van der Waals surface area contributed by atoms with Gasteiger partial charge in [0.1, 0.15) is 17.1 Å². The van der Waals surface area contributed by atoms with Crippen LogP contribution in [-0.4, -0.2) is 58.4 Å². The predicted molar refractivity (Wildman–Crippen MR) is 118 cm³/mol. The summed E-state index contributed by atoms with van der Waals surface area (Å²) in [6.07, 6.45) is 7.52. The molecule has 1 aliphatic carbocycles. The Morgan fingerprint density at radius 3 is 2.69 bits per heavy atom. The number of aromatic amines is 1. The summed E-state index contributed by atoms with van der Waals surface area (Å²) >= 11 is 0. The fourth-order valence-electron chi connectivity index (χ4n) is 4.32.